The molecule has 0 radical (unpaired) electrons. The molecule has 7 atom stereocenters. The Labute approximate surface area is 341 Å². The minimum absolute atomic E-state index is 0.132. The van der Waals surface area contributed by atoms with Crippen LogP contribution in [0.5, 0.6) is 11.5 Å². The molecule has 0 heterocycles. The fourth-order valence-electron chi connectivity index (χ4n) is 5.08. The van der Waals surface area contributed by atoms with Crippen LogP contribution in [-0.2, 0) is 56.0 Å². The second-order valence-electron chi connectivity index (χ2n) is 12.9. The molecular weight excluding hydrogens is 803 g/mol. The van der Waals surface area contributed by atoms with Crippen LogP contribution in [0.15, 0.2) is 48.5 Å². The van der Waals surface area contributed by atoms with Crippen LogP contribution in [0.4, 0.5) is 0 Å². The van der Waals surface area contributed by atoms with Crippen LogP contribution in [0, 0.1) is 0 Å². The number of hydrogen-bond acceptors (Lipinski definition) is 15. The Morgan fingerprint density at radius 2 is 0.814 bits per heavy atom. The van der Waals surface area contributed by atoms with Gasteiger partial charge in [-0.3, -0.25) is 38.4 Å². The molecule has 0 aliphatic rings. The molecular formula is C35H47N9O14S. The van der Waals surface area contributed by atoms with Gasteiger partial charge in [0.15, 0.2) is 0 Å². The molecule has 0 aromatic heterocycles. The van der Waals surface area contributed by atoms with E-state index >= 15 is 0 Å². The highest BCUT2D eigenvalue weighted by Gasteiger charge is 2.34. The summed E-state index contributed by atoms with van der Waals surface area (Å²) in [7, 11) is 0. The number of nitrogens with two attached hydrogens (primary N) is 3. The number of carboxylic acids is 1. The third kappa shape index (κ3) is 16.5. The number of aliphatic hydroxyl groups is 2. The number of carboxylic acid groups (broad SMARTS) is 1. The van der Waals surface area contributed by atoms with E-state index in [1.807, 2.05) is 5.32 Å². The summed E-state index contributed by atoms with van der Waals surface area (Å²) < 4.78 is 0. The fourth-order valence-corrected chi connectivity index (χ4v) is 5.24. The van der Waals surface area contributed by atoms with Gasteiger partial charge in [0.25, 0.3) is 0 Å². The zero-order chi connectivity index (χ0) is 44.4. The van der Waals surface area contributed by atoms with Gasteiger partial charge in [0.05, 0.1) is 32.1 Å². The van der Waals surface area contributed by atoms with Crippen LogP contribution in [0.2, 0.25) is 0 Å². The summed E-state index contributed by atoms with van der Waals surface area (Å²) in [5, 5.41) is 61.4. The Morgan fingerprint density at radius 3 is 1.15 bits per heavy atom. The molecule has 2 rings (SSSR count). The van der Waals surface area contributed by atoms with Gasteiger partial charge in [-0.2, -0.15) is 12.6 Å². The first-order valence-electron chi connectivity index (χ1n) is 17.5. The number of carbonyl (C=O) groups is 9. The number of aliphatic hydroxyl groups excluding tert-OH is 2. The molecule has 0 fully saturated rings. The highest BCUT2D eigenvalue weighted by Crippen LogP contribution is 2.14. The maximum Gasteiger partial charge on any atom is 0.328 e. The van der Waals surface area contributed by atoms with Crippen LogP contribution in [0.25, 0.3) is 0 Å². The first kappa shape index (κ1) is 48.6. The normalized spacial score (nSPS) is 14.4. The van der Waals surface area contributed by atoms with Gasteiger partial charge >= 0.3 is 5.97 Å². The number of phenols is 2. The summed E-state index contributed by atoms with van der Waals surface area (Å²) in [4.78, 5) is 115. The molecule has 59 heavy (non-hydrogen) atoms. The Bertz CT molecular complexity index is 1830. The van der Waals surface area contributed by atoms with Crippen molar-refractivity contribution in [3.05, 3.63) is 59.7 Å². The highest BCUT2D eigenvalue weighted by atomic mass is 32.1. The van der Waals surface area contributed by atoms with Crippen molar-refractivity contribution < 1.29 is 68.7 Å². The van der Waals surface area contributed by atoms with Crippen molar-refractivity contribution in [3.8, 4) is 11.5 Å². The van der Waals surface area contributed by atoms with Gasteiger partial charge < -0.3 is 74.6 Å². The molecule has 0 aliphatic carbocycles. The van der Waals surface area contributed by atoms with E-state index in [1.54, 1.807) is 0 Å². The number of aliphatic carboxylic acids is 1. The molecule has 0 unspecified atom stereocenters. The van der Waals surface area contributed by atoms with E-state index in [2.05, 4.69) is 39.2 Å². The molecule has 24 heteroatoms. The van der Waals surface area contributed by atoms with Crippen molar-refractivity contribution in [1.82, 2.24) is 31.9 Å². The lowest BCUT2D eigenvalue weighted by atomic mass is 10.0. The lowest BCUT2D eigenvalue weighted by molar-refractivity contribution is -0.143. The molecule has 322 valence electrons. The predicted molar refractivity (Wildman–Crippen MR) is 206 cm³/mol. The van der Waals surface area contributed by atoms with Gasteiger partial charge in [0.2, 0.25) is 47.3 Å². The quantitative estimate of drug-likeness (QED) is 0.0437. The lowest BCUT2D eigenvalue weighted by Crippen LogP contribution is -2.61. The number of nitrogens with one attached hydrogen (secondary N) is 6. The van der Waals surface area contributed by atoms with Crippen molar-refractivity contribution in [3.63, 3.8) is 0 Å². The summed E-state index contributed by atoms with van der Waals surface area (Å²) in [5.74, 6) is -10.8. The average Bonchev–Trinajstić information content (AvgIpc) is 3.18. The number of carbonyl (C=O) groups excluding carboxylic acids is 8. The molecule has 2 aromatic rings. The molecule has 0 saturated carbocycles. The van der Waals surface area contributed by atoms with E-state index in [-0.39, 0.29) is 30.1 Å². The van der Waals surface area contributed by atoms with Gasteiger partial charge in [0, 0.05) is 18.6 Å². The second kappa shape index (κ2) is 23.7. The summed E-state index contributed by atoms with van der Waals surface area (Å²) in [6.07, 6.45) is -2.24. The van der Waals surface area contributed by atoms with Gasteiger partial charge in [-0.1, -0.05) is 24.3 Å². The summed E-state index contributed by atoms with van der Waals surface area (Å²) >= 11 is 3.94. The monoisotopic (exact) mass is 849 g/mol. The molecule has 0 bridgehead atoms. The number of hydrogen-bond donors (Lipinski definition) is 15. The third-order valence-corrected chi connectivity index (χ3v) is 8.63. The molecule has 0 saturated heterocycles. The zero-order valence-corrected chi connectivity index (χ0v) is 32.1. The summed E-state index contributed by atoms with van der Waals surface area (Å²) in [5.41, 5.74) is 16.9. The van der Waals surface area contributed by atoms with Crippen molar-refractivity contribution in [2.45, 2.75) is 68.0 Å². The Hall–Kier alpha value is -6.50. The van der Waals surface area contributed by atoms with E-state index in [4.69, 9.17) is 22.3 Å². The van der Waals surface area contributed by atoms with Crippen LogP contribution >= 0.6 is 12.6 Å². The minimum Gasteiger partial charge on any atom is -0.508 e. The van der Waals surface area contributed by atoms with E-state index in [0.717, 1.165) is 0 Å². The Balaban J connectivity index is 2.47. The van der Waals surface area contributed by atoms with Crippen LogP contribution in [0.1, 0.15) is 24.0 Å². The van der Waals surface area contributed by atoms with Gasteiger partial charge in [-0.15, -0.1) is 0 Å². The number of aromatic hydroxyl groups is 2. The molecule has 0 spiro atoms. The number of benzene rings is 2. The molecule has 17 N–H and O–H groups in total. The van der Waals surface area contributed by atoms with E-state index < -0.39 is 122 Å². The summed E-state index contributed by atoms with van der Waals surface area (Å²) in [6, 6.07) is -0.847. The smallest absolute Gasteiger partial charge is 0.328 e. The van der Waals surface area contributed by atoms with Gasteiger partial charge in [0.1, 0.15) is 47.8 Å². The molecule has 8 amide bonds. The van der Waals surface area contributed by atoms with Crippen LogP contribution in [-0.4, -0.2) is 140 Å². The van der Waals surface area contributed by atoms with E-state index in [1.165, 1.54) is 48.5 Å². The second-order valence-corrected chi connectivity index (χ2v) is 13.3. The lowest BCUT2D eigenvalue weighted by Gasteiger charge is -2.27. The molecule has 0 aliphatic heterocycles. The largest absolute Gasteiger partial charge is 0.508 e. The van der Waals surface area contributed by atoms with Crippen LogP contribution < -0.4 is 49.1 Å². The number of thiol groups is 1. The average molecular weight is 850 g/mol. The first-order chi connectivity index (χ1) is 27.8. The first-order valence-corrected chi connectivity index (χ1v) is 18.2. The standard InChI is InChI=1S/C35H47N9O14S/c36-20(15-59)29(51)39-23(11-27(37)49)32(54)41-21(9-16-1-5-18(47)6-2-16)30(52)40-22(10-17-3-7-19(48)8-4-17)31(53)43-25(13-45)34(56)42-24(12-28(38)50)33(55)44-26(14-46)35(57)58/h1-8,20-26,45-48,59H,9-15,36H2,(H2,37,49)(H2,38,50)(H,39,51)(H,40,52)(H,41,54)(H,42,56)(H,43,53)(H,44,55)(H,57,58)/t20-,21-,22-,23-,24-,25-,26-/m0/s1. The van der Waals surface area contributed by atoms with E-state index in [0.29, 0.717) is 11.1 Å². The number of primary amides is 2. The highest BCUT2D eigenvalue weighted by molar-refractivity contribution is 7.80. The number of amides is 8. The summed E-state index contributed by atoms with van der Waals surface area (Å²) in [6.45, 7) is -2.18. The Morgan fingerprint density at radius 1 is 0.508 bits per heavy atom. The van der Waals surface area contributed by atoms with Gasteiger partial charge in [-0.25, -0.2) is 4.79 Å². The number of rotatable bonds is 24. The van der Waals surface area contributed by atoms with Crippen LogP contribution in [0.3, 0.4) is 0 Å². The van der Waals surface area contributed by atoms with Crippen molar-refractivity contribution in [2.24, 2.45) is 17.2 Å². The zero-order valence-electron chi connectivity index (χ0n) is 31.2. The van der Waals surface area contributed by atoms with Crippen molar-refractivity contribution in [1.29, 1.82) is 0 Å². The minimum atomic E-state index is -1.88. The maximum atomic E-state index is 14.0. The number of phenolic OH excluding ortho intramolecular Hbond substituents is 2. The SMILES string of the molecule is NC(=O)C[C@H](NC(=O)[C@H](CO)NC(=O)[C@H](Cc1ccc(O)cc1)NC(=O)[C@H](Cc1ccc(O)cc1)NC(=O)[C@H](CC(N)=O)NC(=O)[C@@H](N)CS)C(=O)N[C@@H](CO)C(=O)O. The maximum absolute atomic E-state index is 14.0. The van der Waals surface area contributed by atoms with Crippen molar-refractivity contribution >= 4 is 65.9 Å². The third-order valence-electron chi connectivity index (χ3n) is 8.24. The Kier molecular flexibility index (Phi) is 19.5. The topological polar surface area (TPSA) is 405 Å². The molecule has 2 aromatic carbocycles. The van der Waals surface area contributed by atoms with Gasteiger partial charge in [-0.05, 0) is 35.4 Å². The predicted octanol–water partition coefficient (Wildman–Crippen LogP) is -6.13. The molecule has 23 nitrogen and oxygen atoms in total. The van der Waals surface area contributed by atoms with E-state index in [9.17, 15) is 63.6 Å². The van der Waals surface area contributed by atoms with Crippen molar-refractivity contribution in [2.75, 3.05) is 19.0 Å². The fraction of sp³-hybridized carbons (Fsp3) is 0.400.